The monoisotopic (exact) mass is 292 g/mol. The fourth-order valence-electron chi connectivity index (χ4n) is 3.79. The molecule has 2 rings (SSSR count). The van der Waals surface area contributed by atoms with Crippen LogP contribution >= 0.6 is 0 Å². The van der Waals surface area contributed by atoms with Crippen molar-refractivity contribution >= 4 is 0 Å². The van der Waals surface area contributed by atoms with E-state index in [9.17, 15) is 0 Å². The van der Waals surface area contributed by atoms with Crippen LogP contribution in [0.1, 0.15) is 65.1 Å². The second-order valence-electron chi connectivity index (χ2n) is 7.03. The van der Waals surface area contributed by atoms with Gasteiger partial charge in [-0.3, -0.25) is 9.58 Å². The van der Waals surface area contributed by atoms with Gasteiger partial charge in [0.25, 0.3) is 0 Å². The molecule has 0 aliphatic heterocycles. The largest absolute Gasteiger partial charge is 0.329 e. The maximum Gasteiger partial charge on any atom is 0.0765 e. The van der Waals surface area contributed by atoms with Gasteiger partial charge >= 0.3 is 0 Å². The lowest BCUT2D eigenvalue weighted by molar-refractivity contribution is 0.0356. The zero-order valence-electron chi connectivity index (χ0n) is 14.2. The molecule has 1 saturated carbocycles. The quantitative estimate of drug-likeness (QED) is 0.876. The van der Waals surface area contributed by atoms with E-state index < -0.39 is 0 Å². The summed E-state index contributed by atoms with van der Waals surface area (Å²) in [6.07, 6.45) is 7.19. The average Bonchev–Trinajstić information content (AvgIpc) is 2.93. The maximum absolute atomic E-state index is 6.22. The SMILES string of the molecule is CCN(Cc1ccn(C(C)C)n1)C1(CN)CCCC(C)C1. The molecule has 2 unspecified atom stereocenters. The van der Waals surface area contributed by atoms with Gasteiger partial charge in [-0.05, 0) is 45.2 Å². The minimum Gasteiger partial charge on any atom is -0.329 e. The molecule has 0 bridgehead atoms. The van der Waals surface area contributed by atoms with Gasteiger partial charge in [0.2, 0.25) is 0 Å². The molecule has 1 aromatic heterocycles. The Labute approximate surface area is 129 Å². The van der Waals surface area contributed by atoms with Gasteiger partial charge in [0.15, 0.2) is 0 Å². The van der Waals surface area contributed by atoms with Crippen LogP contribution in [0, 0.1) is 5.92 Å². The lowest BCUT2D eigenvalue weighted by Crippen LogP contribution is -2.55. The first-order valence-electron chi connectivity index (χ1n) is 8.50. The van der Waals surface area contributed by atoms with Crippen LogP contribution in [0.5, 0.6) is 0 Å². The molecule has 120 valence electrons. The summed E-state index contributed by atoms with van der Waals surface area (Å²) in [5.74, 6) is 0.782. The second-order valence-corrected chi connectivity index (χ2v) is 7.03. The summed E-state index contributed by atoms with van der Waals surface area (Å²) in [6, 6.07) is 2.58. The van der Waals surface area contributed by atoms with Gasteiger partial charge in [-0.15, -0.1) is 0 Å². The van der Waals surface area contributed by atoms with Crippen LogP contribution in [0.2, 0.25) is 0 Å². The Balaban J connectivity index is 2.13. The van der Waals surface area contributed by atoms with Crippen LogP contribution in [0.15, 0.2) is 12.3 Å². The minimum atomic E-state index is 0.175. The second kappa shape index (κ2) is 6.93. The molecule has 1 heterocycles. The fourth-order valence-corrected chi connectivity index (χ4v) is 3.79. The van der Waals surface area contributed by atoms with E-state index in [1.165, 1.54) is 25.7 Å². The van der Waals surface area contributed by atoms with E-state index in [1.807, 2.05) is 4.68 Å². The highest BCUT2D eigenvalue weighted by molar-refractivity contribution is 5.03. The third kappa shape index (κ3) is 3.67. The number of rotatable bonds is 6. The topological polar surface area (TPSA) is 47.1 Å². The molecule has 2 N–H and O–H groups in total. The van der Waals surface area contributed by atoms with E-state index in [2.05, 4.69) is 44.9 Å². The van der Waals surface area contributed by atoms with Crippen molar-refractivity contribution in [2.75, 3.05) is 13.1 Å². The third-order valence-electron chi connectivity index (χ3n) is 5.05. The molecule has 1 aliphatic carbocycles. The van der Waals surface area contributed by atoms with Gasteiger partial charge in [-0.25, -0.2) is 0 Å². The number of aromatic nitrogens is 2. The normalized spacial score (nSPS) is 26.7. The van der Waals surface area contributed by atoms with Gasteiger partial charge in [0.1, 0.15) is 0 Å². The first-order chi connectivity index (χ1) is 10.0. The number of nitrogens with zero attached hydrogens (tertiary/aromatic N) is 3. The zero-order chi connectivity index (χ0) is 15.5. The number of nitrogens with two attached hydrogens (primary N) is 1. The highest BCUT2D eigenvalue weighted by Gasteiger charge is 2.38. The van der Waals surface area contributed by atoms with Crippen molar-refractivity contribution in [1.29, 1.82) is 0 Å². The van der Waals surface area contributed by atoms with Crippen molar-refractivity contribution in [3.8, 4) is 0 Å². The molecule has 4 heteroatoms. The van der Waals surface area contributed by atoms with Crippen molar-refractivity contribution in [1.82, 2.24) is 14.7 Å². The fraction of sp³-hybridized carbons (Fsp3) is 0.824. The van der Waals surface area contributed by atoms with E-state index in [1.54, 1.807) is 0 Å². The van der Waals surface area contributed by atoms with Gasteiger partial charge in [0, 0.05) is 30.9 Å². The lowest BCUT2D eigenvalue weighted by atomic mass is 9.75. The van der Waals surface area contributed by atoms with Gasteiger partial charge in [-0.1, -0.05) is 26.7 Å². The third-order valence-corrected chi connectivity index (χ3v) is 5.05. The number of hydrogen-bond acceptors (Lipinski definition) is 3. The molecule has 1 aromatic rings. The Morgan fingerprint density at radius 2 is 2.29 bits per heavy atom. The molecule has 0 spiro atoms. The molecule has 4 nitrogen and oxygen atoms in total. The number of hydrogen-bond donors (Lipinski definition) is 1. The predicted octanol–water partition coefficient (Wildman–Crippen LogP) is 3.19. The Morgan fingerprint density at radius 3 is 2.81 bits per heavy atom. The predicted molar refractivity (Wildman–Crippen MR) is 88.1 cm³/mol. The minimum absolute atomic E-state index is 0.175. The molecule has 21 heavy (non-hydrogen) atoms. The van der Waals surface area contributed by atoms with Crippen LogP contribution in [0.3, 0.4) is 0 Å². The van der Waals surface area contributed by atoms with Crippen LogP contribution in [-0.2, 0) is 6.54 Å². The molecule has 0 amide bonds. The summed E-state index contributed by atoms with van der Waals surface area (Å²) < 4.78 is 2.04. The van der Waals surface area contributed by atoms with E-state index in [0.29, 0.717) is 6.04 Å². The summed E-state index contributed by atoms with van der Waals surface area (Å²) in [4.78, 5) is 2.57. The molecule has 0 saturated heterocycles. The van der Waals surface area contributed by atoms with Gasteiger partial charge in [-0.2, -0.15) is 5.10 Å². The van der Waals surface area contributed by atoms with E-state index >= 15 is 0 Å². The van der Waals surface area contributed by atoms with Crippen molar-refractivity contribution in [3.63, 3.8) is 0 Å². The van der Waals surface area contributed by atoms with Crippen LogP contribution in [0.25, 0.3) is 0 Å². The van der Waals surface area contributed by atoms with E-state index in [-0.39, 0.29) is 5.54 Å². The first kappa shape index (κ1) is 16.5. The summed E-state index contributed by atoms with van der Waals surface area (Å²) >= 11 is 0. The van der Waals surface area contributed by atoms with Crippen LogP contribution < -0.4 is 5.73 Å². The standard InChI is InChI=1S/C17H32N4/c1-5-20(12-16-8-10-21(19-16)14(2)3)17(13-18)9-6-7-15(4)11-17/h8,10,14-15H,5-7,9,11-13,18H2,1-4H3. The molecule has 2 atom stereocenters. The molecule has 0 radical (unpaired) electrons. The van der Waals surface area contributed by atoms with E-state index in [4.69, 9.17) is 10.8 Å². The Hall–Kier alpha value is -0.870. The summed E-state index contributed by atoms with van der Waals surface area (Å²) in [7, 11) is 0. The average molecular weight is 292 g/mol. The van der Waals surface area contributed by atoms with Crippen molar-refractivity contribution < 1.29 is 0 Å². The van der Waals surface area contributed by atoms with Gasteiger partial charge < -0.3 is 5.73 Å². The maximum atomic E-state index is 6.22. The highest BCUT2D eigenvalue weighted by atomic mass is 15.3. The Kier molecular flexibility index (Phi) is 5.44. The van der Waals surface area contributed by atoms with Crippen LogP contribution in [0.4, 0.5) is 0 Å². The lowest BCUT2D eigenvalue weighted by Gasteiger charge is -2.47. The molecule has 1 fully saturated rings. The van der Waals surface area contributed by atoms with Crippen molar-refractivity contribution in [3.05, 3.63) is 18.0 Å². The molecule has 0 aromatic carbocycles. The molecular formula is C17H32N4. The summed E-state index contributed by atoms with van der Waals surface area (Å²) in [5.41, 5.74) is 7.55. The molecule has 1 aliphatic rings. The summed E-state index contributed by atoms with van der Waals surface area (Å²) in [5, 5.41) is 4.71. The molecular weight excluding hydrogens is 260 g/mol. The smallest absolute Gasteiger partial charge is 0.0765 e. The van der Waals surface area contributed by atoms with Gasteiger partial charge in [0.05, 0.1) is 5.69 Å². The first-order valence-corrected chi connectivity index (χ1v) is 8.50. The zero-order valence-corrected chi connectivity index (χ0v) is 14.2. The Bertz CT molecular complexity index is 440. The highest BCUT2D eigenvalue weighted by Crippen LogP contribution is 2.36. The number of likely N-dealkylation sites (N-methyl/N-ethyl adjacent to an activating group) is 1. The Morgan fingerprint density at radius 1 is 1.52 bits per heavy atom. The summed E-state index contributed by atoms with van der Waals surface area (Å²) in [6.45, 7) is 11.7. The van der Waals surface area contributed by atoms with Crippen molar-refractivity contribution in [2.24, 2.45) is 11.7 Å². The van der Waals surface area contributed by atoms with Crippen molar-refractivity contribution in [2.45, 2.75) is 71.5 Å². The van der Waals surface area contributed by atoms with E-state index in [0.717, 1.165) is 31.2 Å². The van der Waals surface area contributed by atoms with Crippen LogP contribution in [-0.4, -0.2) is 33.3 Å².